The molecular weight excluding hydrogens is 358 g/mol. The molecule has 0 unspecified atom stereocenters. The van der Waals surface area contributed by atoms with E-state index in [1.165, 1.54) is 17.0 Å². The summed E-state index contributed by atoms with van der Waals surface area (Å²) in [6.45, 7) is 3.87. The van der Waals surface area contributed by atoms with E-state index in [9.17, 15) is 19.7 Å². The van der Waals surface area contributed by atoms with Crippen LogP contribution in [0.1, 0.15) is 19.4 Å². The maximum atomic E-state index is 12.6. The lowest BCUT2D eigenvalue weighted by molar-refractivity contribution is -0.384. The van der Waals surface area contributed by atoms with Crippen LogP contribution in [0, 0.1) is 10.1 Å². The van der Waals surface area contributed by atoms with Crippen molar-refractivity contribution in [2.45, 2.75) is 26.4 Å². The minimum atomic E-state index is -0.906. The highest BCUT2D eigenvalue weighted by Crippen LogP contribution is 2.26. The van der Waals surface area contributed by atoms with Gasteiger partial charge in [0.15, 0.2) is 0 Å². The van der Waals surface area contributed by atoms with Crippen LogP contribution in [0.15, 0.2) is 48.5 Å². The number of nitrogens with zero attached hydrogens (tertiary/aromatic N) is 2. The number of nitro benzene ring substituents is 1. The van der Waals surface area contributed by atoms with Crippen molar-refractivity contribution in [1.82, 2.24) is 4.90 Å². The minimum Gasteiger partial charge on any atom is -0.328 e. The number of nitrogens with one attached hydrogen (secondary N) is 1. The first-order valence-electron chi connectivity index (χ1n) is 7.89. The standard InChI is InChI=1S/C18H18ClN3O4/c1-12(2)21(11-13-6-4-3-5-7-13)18(24)17(23)20-16-10-14(22(25)26)8-9-15(16)19/h3-10,12H,11H2,1-2H3,(H,20,23). The van der Waals surface area contributed by atoms with E-state index in [1.54, 1.807) is 13.8 Å². The first kappa shape index (κ1) is 19.4. The van der Waals surface area contributed by atoms with Gasteiger partial charge < -0.3 is 10.2 Å². The summed E-state index contributed by atoms with van der Waals surface area (Å²) in [5, 5.41) is 13.3. The molecule has 0 aliphatic carbocycles. The van der Waals surface area contributed by atoms with E-state index in [0.29, 0.717) is 0 Å². The number of carbonyl (C=O) groups excluding carboxylic acids is 2. The summed E-state index contributed by atoms with van der Waals surface area (Å²) in [5.74, 6) is -1.65. The normalized spacial score (nSPS) is 10.5. The van der Waals surface area contributed by atoms with E-state index in [2.05, 4.69) is 5.32 Å². The number of hydrogen-bond donors (Lipinski definition) is 1. The first-order chi connectivity index (χ1) is 12.3. The number of benzene rings is 2. The lowest BCUT2D eigenvalue weighted by Gasteiger charge is -2.26. The Labute approximate surface area is 155 Å². The van der Waals surface area contributed by atoms with Gasteiger partial charge in [0.05, 0.1) is 15.6 Å². The van der Waals surface area contributed by atoms with Crippen molar-refractivity contribution in [2.75, 3.05) is 5.32 Å². The molecule has 0 saturated carbocycles. The Morgan fingerprint density at radius 1 is 1.19 bits per heavy atom. The molecule has 8 heteroatoms. The van der Waals surface area contributed by atoms with Crippen molar-refractivity contribution in [2.24, 2.45) is 0 Å². The molecule has 1 N–H and O–H groups in total. The molecule has 0 spiro atoms. The summed E-state index contributed by atoms with van der Waals surface area (Å²) >= 11 is 5.96. The van der Waals surface area contributed by atoms with Crippen molar-refractivity contribution in [3.05, 3.63) is 69.2 Å². The first-order valence-corrected chi connectivity index (χ1v) is 8.27. The quantitative estimate of drug-likeness (QED) is 0.490. The highest BCUT2D eigenvalue weighted by atomic mass is 35.5. The van der Waals surface area contributed by atoms with Gasteiger partial charge in [-0.05, 0) is 25.5 Å². The van der Waals surface area contributed by atoms with E-state index >= 15 is 0 Å². The predicted molar refractivity (Wildman–Crippen MR) is 98.9 cm³/mol. The van der Waals surface area contributed by atoms with Gasteiger partial charge in [-0.1, -0.05) is 41.9 Å². The third-order valence-corrected chi connectivity index (χ3v) is 4.01. The Kier molecular flexibility index (Phi) is 6.30. The molecule has 0 atom stereocenters. The average molecular weight is 376 g/mol. The lowest BCUT2D eigenvalue weighted by atomic mass is 10.2. The summed E-state index contributed by atoms with van der Waals surface area (Å²) in [6.07, 6.45) is 0. The fourth-order valence-electron chi connectivity index (χ4n) is 2.30. The predicted octanol–water partition coefficient (Wildman–Crippen LogP) is 3.62. The molecule has 0 fully saturated rings. The van der Waals surface area contributed by atoms with Crippen molar-refractivity contribution in [1.29, 1.82) is 0 Å². The smallest absolute Gasteiger partial charge is 0.313 e. The summed E-state index contributed by atoms with van der Waals surface area (Å²) in [7, 11) is 0. The van der Waals surface area contributed by atoms with Crippen LogP contribution in [0.4, 0.5) is 11.4 Å². The number of carbonyl (C=O) groups is 2. The number of halogens is 1. The zero-order chi connectivity index (χ0) is 19.3. The molecule has 136 valence electrons. The minimum absolute atomic E-state index is 0.0163. The summed E-state index contributed by atoms with van der Waals surface area (Å²) < 4.78 is 0. The third kappa shape index (κ3) is 4.80. The fraction of sp³-hybridized carbons (Fsp3) is 0.222. The number of non-ortho nitro benzene ring substituents is 1. The molecule has 7 nitrogen and oxygen atoms in total. The highest BCUT2D eigenvalue weighted by molar-refractivity contribution is 6.41. The molecule has 0 radical (unpaired) electrons. The van der Waals surface area contributed by atoms with Gasteiger partial charge in [-0.15, -0.1) is 0 Å². The second kappa shape index (κ2) is 8.44. The Hall–Kier alpha value is -2.93. The molecule has 0 heterocycles. The van der Waals surface area contributed by atoms with Gasteiger partial charge in [0.2, 0.25) is 0 Å². The molecule has 2 amide bonds. The van der Waals surface area contributed by atoms with E-state index in [4.69, 9.17) is 11.6 Å². The van der Waals surface area contributed by atoms with Crippen LogP contribution in [-0.4, -0.2) is 27.7 Å². The molecular formula is C18H18ClN3O4. The number of rotatable bonds is 5. The van der Waals surface area contributed by atoms with Crippen LogP contribution in [-0.2, 0) is 16.1 Å². The zero-order valence-corrected chi connectivity index (χ0v) is 15.1. The van der Waals surface area contributed by atoms with Gasteiger partial charge in [-0.3, -0.25) is 19.7 Å². The van der Waals surface area contributed by atoms with Gasteiger partial charge in [0.1, 0.15) is 0 Å². The van der Waals surface area contributed by atoms with Crippen LogP contribution in [0.25, 0.3) is 0 Å². The van der Waals surface area contributed by atoms with Crippen molar-refractivity contribution in [3.63, 3.8) is 0 Å². The van der Waals surface area contributed by atoms with Gasteiger partial charge in [-0.2, -0.15) is 0 Å². The number of amides is 2. The molecule has 2 rings (SSSR count). The monoisotopic (exact) mass is 375 g/mol. The Morgan fingerprint density at radius 2 is 1.85 bits per heavy atom. The SMILES string of the molecule is CC(C)N(Cc1ccccc1)C(=O)C(=O)Nc1cc([N+](=O)[O-])ccc1Cl. The molecule has 26 heavy (non-hydrogen) atoms. The van der Waals surface area contributed by atoms with E-state index in [1.807, 2.05) is 30.3 Å². The maximum absolute atomic E-state index is 12.6. The average Bonchev–Trinajstić information content (AvgIpc) is 2.61. The second-order valence-corrected chi connectivity index (χ2v) is 6.29. The molecule has 0 aliphatic heterocycles. The molecule has 0 saturated heterocycles. The van der Waals surface area contributed by atoms with Crippen LogP contribution in [0.3, 0.4) is 0 Å². The largest absolute Gasteiger partial charge is 0.328 e. The van der Waals surface area contributed by atoms with Crippen molar-refractivity contribution >= 4 is 34.8 Å². The maximum Gasteiger partial charge on any atom is 0.313 e. The van der Waals surface area contributed by atoms with Crippen molar-refractivity contribution < 1.29 is 14.5 Å². The fourth-order valence-corrected chi connectivity index (χ4v) is 2.46. The molecule has 2 aromatic carbocycles. The summed E-state index contributed by atoms with van der Waals surface area (Å²) in [4.78, 5) is 36.6. The lowest BCUT2D eigenvalue weighted by Crippen LogP contribution is -2.43. The topological polar surface area (TPSA) is 92.6 Å². The number of nitro groups is 1. The molecule has 0 aliphatic rings. The van der Waals surface area contributed by atoms with Gasteiger partial charge in [0, 0.05) is 24.7 Å². The number of hydrogen-bond acceptors (Lipinski definition) is 4. The van der Waals surface area contributed by atoms with E-state index in [0.717, 1.165) is 11.6 Å². The van der Waals surface area contributed by atoms with Crippen LogP contribution < -0.4 is 5.32 Å². The van der Waals surface area contributed by atoms with E-state index < -0.39 is 16.7 Å². The van der Waals surface area contributed by atoms with Crippen LogP contribution in [0.2, 0.25) is 5.02 Å². The van der Waals surface area contributed by atoms with Gasteiger partial charge in [-0.25, -0.2) is 0 Å². The Balaban J connectivity index is 2.18. The number of anilines is 1. The summed E-state index contributed by atoms with van der Waals surface area (Å²) in [5.41, 5.74) is 0.667. The third-order valence-electron chi connectivity index (χ3n) is 3.68. The molecule has 2 aromatic rings. The summed E-state index contributed by atoms with van der Waals surface area (Å²) in [6, 6.07) is 12.7. The molecule has 0 bridgehead atoms. The highest BCUT2D eigenvalue weighted by Gasteiger charge is 2.25. The molecule has 0 aromatic heterocycles. The van der Waals surface area contributed by atoms with E-state index in [-0.39, 0.29) is 29.0 Å². The van der Waals surface area contributed by atoms with Gasteiger partial charge in [0.25, 0.3) is 5.69 Å². The second-order valence-electron chi connectivity index (χ2n) is 5.89. The Bertz CT molecular complexity index is 824. The van der Waals surface area contributed by atoms with Crippen LogP contribution in [0.5, 0.6) is 0 Å². The Morgan fingerprint density at radius 3 is 2.42 bits per heavy atom. The van der Waals surface area contributed by atoms with Crippen molar-refractivity contribution in [3.8, 4) is 0 Å². The zero-order valence-electron chi connectivity index (χ0n) is 14.3. The van der Waals surface area contributed by atoms with Gasteiger partial charge >= 0.3 is 11.8 Å². The van der Waals surface area contributed by atoms with Crippen LogP contribution >= 0.6 is 11.6 Å².